The zero-order valence-corrected chi connectivity index (χ0v) is 15.7. The van der Waals surface area contributed by atoms with E-state index >= 15 is 0 Å². The summed E-state index contributed by atoms with van der Waals surface area (Å²) in [6.07, 6.45) is -5.09. The number of nitrogens with one attached hydrogen (secondary N) is 2. The van der Waals surface area contributed by atoms with Gasteiger partial charge >= 0.3 is 12.1 Å². The molecule has 0 spiro atoms. The van der Waals surface area contributed by atoms with Gasteiger partial charge in [-0.25, -0.2) is 8.42 Å². The van der Waals surface area contributed by atoms with E-state index < -0.39 is 28.1 Å². The number of benzene rings is 2. The van der Waals surface area contributed by atoms with Gasteiger partial charge in [0.05, 0.1) is 6.04 Å². The van der Waals surface area contributed by atoms with E-state index in [0.29, 0.717) is 5.69 Å². The molecule has 28 heavy (non-hydrogen) atoms. The molecule has 1 aliphatic heterocycles. The third-order valence-electron chi connectivity index (χ3n) is 3.90. The Bertz CT molecular complexity index is 997. The lowest BCUT2D eigenvalue weighted by molar-refractivity contribution is -0.174. The molecule has 0 fully saturated rings. The molecule has 0 radical (unpaired) electrons. The average molecular weight is 435 g/mol. The molecule has 0 aromatic heterocycles. The fourth-order valence-electron chi connectivity index (χ4n) is 2.72. The van der Waals surface area contributed by atoms with Crippen molar-refractivity contribution in [2.45, 2.75) is 23.5 Å². The number of hydrogen-bond donors (Lipinski definition) is 2. The largest absolute Gasteiger partial charge is 0.490 e. The lowest BCUT2D eigenvalue weighted by atomic mass is 10.0. The Kier molecular flexibility index (Phi) is 5.44. The first-order valence-electron chi connectivity index (χ1n) is 7.97. The molecule has 1 aliphatic rings. The number of anilines is 1. The van der Waals surface area contributed by atoms with Gasteiger partial charge in [-0.3, -0.25) is 9.52 Å². The normalized spacial score (nSPS) is 16.6. The number of carbonyl (C=O) groups is 1. The molecule has 0 bridgehead atoms. The minimum atomic E-state index is -5.03. The lowest BCUT2D eigenvalue weighted by Crippen LogP contribution is -2.48. The molecule has 0 unspecified atom stereocenters. The summed E-state index contributed by atoms with van der Waals surface area (Å²) in [7, 11) is -4.07. The van der Waals surface area contributed by atoms with E-state index in [4.69, 9.17) is 16.3 Å². The van der Waals surface area contributed by atoms with Crippen molar-refractivity contribution < 1.29 is 31.1 Å². The highest BCUT2D eigenvalue weighted by Gasteiger charge is 2.40. The number of sulfonamides is 1. The highest BCUT2D eigenvalue weighted by molar-refractivity contribution is 7.92. The molecule has 150 valence electrons. The van der Waals surface area contributed by atoms with Crippen LogP contribution in [0.25, 0.3) is 0 Å². The van der Waals surface area contributed by atoms with Crippen molar-refractivity contribution >= 4 is 33.2 Å². The molecular formula is C17H14ClF3N2O4S. The Morgan fingerprint density at radius 1 is 1.18 bits per heavy atom. The summed E-state index contributed by atoms with van der Waals surface area (Å²) in [5.41, 5.74) is 0.599. The van der Waals surface area contributed by atoms with Gasteiger partial charge in [0.25, 0.3) is 10.0 Å². The van der Waals surface area contributed by atoms with Gasteiger partial charge in [-0.2, -0.15) is 13.2 Å². The molecule has 6 nitrogen and oxygen atoms in total. The third-order valence-corrected chi connectivity index (χ3v) is 5.50. The van der Waals surface area contributed by atoms with Gasteiger partial charge in [0.1, 0.15) is 17.3 Å². The summed E-state index contributed by atoms with van der Waals surface area (Å²) in [5, 5.41) is 1.89. The number of fused-ring (bicyclic) bond motifs is 1. The maximum Gasteiger partial charge on any atom is 0.471 e. The standard InChI is InChI=1S/C17H14ClF3N2O4S/c18-11-6-10-7-13(22-16(24)17(19,20)21)9-27-15(10)14(8-11)28(25,26)23-12-4-2-1-3-5-12/h1-6,8,13,23H,7,9H2,(H,22,24)/t13-/m1/s1. The third kappa shape index (κ3) is 4.50. The Labute approximate surface area is 163 Å². The first-order chi connectivity index (χ1) is 13.1. The molecular weight excluding hydrogens is 421 g/mol. The second kappa shape index (κ2) is 7.51. The van der Waals surface area contributed by atoms with E-state index in [9.17, 15) is 26.4 Å². The molecule has 1 amide bonds. The number of halogens is 4. The van der Waals surface area contributed by atoms with Crippen LogP contribution in [0.2, 0.25) is 5.02 Å². The monoisotopic (exact) mass is 434 g/mol. The van der Waals surface area contributed by atoms with Crippen molar-refractivity contribution in [3.05, 3.63) is 53.1 Å². The summed E-state index contributed by atoms with van der Waals surface area (Å²) < 4.78 is 70.6. The maximum absolute atomic E-state index is 12.7. The second-order valence-electron chi connectivity index (χ2n) is 6.05. The maximum atomic E-state index is 12.7. The van der Waals surface area contributed by atoms with Crippen LogP contribution < -0.4 is 14.8 Å². The van der Waals surface area contributed by atoms with Crippen LogP contribution in [0.4, 0.5) is 18.9 Å². The van der Waals surface area contributed by atoms with Gasteiger partial charge in [0.2, 0.25) is 0 Å². The van der Waals surface area contributed by atoms with Crippen molar-refractivity contribution in [1.82, 2.24) is 5.32 Å². The number of carbonyl (C=O) groups excluding carboxylic acids is 1. The molecule has 2 aromatic carbocycles. The second-order valence-corrected chi connectivity index (χ2v) is 8.13. The topological polar surface area (TPSA) is 84.5 Å². The van der Waals surface area contributed by atoms with Gasteiger partial charge in [-0.05, 0) is 36.2 Å². The fourth-order valence-corrected chi connectivity index (χ4v) is 4.30. The number of alkyl halides is 3. The summed E-state index contributed by atoms with van der Waals surface area (Å²) in [4.78, 5) is 10.9. The summed E-state index contributed by atoms with van der Waals surface area (Å²) >= 11 is 6.00. The van der Waals surface area contributed by atoms with E-state index in [1.807, 2.05) is 5.32 Å². The number of amides is 1. The van der Waals surface area contributed by atoms with E-state index in [1.165, 1.54) is 12.1 Å². The van der Waals surface area contributed by atoms with Crippen LogP contribution in [0.15, 0.2) is 47.4 Å². The summed E-state index contributed by atoms with van der Waals surface area (Å²) in [6, 6.07) is 9.74. The quantitative estimate of drug-likeness (QED) is 0.774. The zero-order chi connectivity index (χ0) is 20.5. The van der Waals surface area contributed by atoms with Gasteiger partial charge in [0, 0.05) is 10.7 Å². The van der Waals surface area contributed by atoms with Crippen LogP contribution >= 0.6 is 11.6 Å². The van der Waals surface area contributed by atoms with Crippen LogP contribution in [0.5, 0.6) is 5.75 Å². The molecule has 3 rings (SSSR count). The van der Waals surface area contributed by atoms with Crippen LogP contribution in [0.1, 0.15) is 5.56 Å². The number of hydrogen-bond acceptors (Lipinski definition) is 4. The van der Waals surface area contributed by atoms with Crippen LogP contribution in [-0.4, -0.2) is 33.1 Å². The van der Waals surface area contributed by atoms with E-state index in [2.05, 4.69) is 4.72 Å². The average Bonchev–Trinajstić information content (AvgIpc) is 2.60. The predicted octanol–water partition coefficient (Wildman–Crippen LogP) is 3.12. The Balaban J connectivity index is 1.88. The SMILES string of the molecule is O=C(N[C@H]1COc2c(cc(Cl)cc2S(=O)(=O)Nc2ccccc2)C1)C(F)(F)F. The minimum Gasteiger partial charge on any atom is -0.490 e. The van der Waals surface area contributed by atoms with Gasteiger partial charge in [-0.1, -0.05) is 29.8 Å². The number of para-hydroxylation sites is 1. The molecule has 2 aromatic rings. The smallest absolute Gasteiger partial charge is 0.471 e. The van der Waals surface area contributed by atoms with Gasteiger partial charge < -0.3 is 10.1 Å². The van der Waals surface area contributed by atoms with E-state index in [0.717, 1.165) is 0 Å². The Hall–Kier alpha value is -2.46. The van der Waals surface area contributed by atoms with Gasteiger partial charge in [-0.15, -0.1) is 0 Å². The van der Waals surface area contributed by atoms with Crippen molar-refractivity contribution in [3.8, 4) is 5.75 Å². The first-order valence-corrected chi connectivity index (χ1v) is 9.83. The van der Waals surface area contributed by atoms with E-state index in [1.54, 1.807) is 30.3 Å². The lowest BCUT2D eigenvalue weighted by Gasteiger charge is -2.28. The minimum absolute atomic E-state index is 0.00895. The summed E-state index contributed by atoms with van der Waals surface area (Å²) in [6.45, 7) is -0.315. The molecule has 1 atom stereocenters. The highest BCUT2D eigenvalue weighted by Crippen LogP contribution is 2.36. The fraction of sp³-hybridized carbons (Fsp3) is 0.235. The molecule has 1 heterocycles. The molecule has 0 aliphatic carbocycles. The number of ether oxygens (including phenoxy) is 1. The Morgan fingerprint density at radius 2 is 1.86 bits per heavy atom. The molecule has 0 saturated carbocycles. The summed E-state index contributed by atoms with van der Waals surface area (Å²) in [5.74, 6) is -2.10. The predicted molar refractivity (Wildman–Crippen MR) is 95.9 cm³/mol. The highest BCUT2D eigenvalue weighted by atomic mass is 35.5. The zero-order valence-electron chi connectivity index (χ0n) is 14.1. The number of rotatable bonds is 4. The molecule has 11 heteroatoms. The van der Waals surface area contributed by atoms with Crippen molar-refractivity contribution in [2.24, 2.45) is 0 Å². The van der Waals surface area contributed by atoms with Crippen molar-refractivity contribution in [1.29, 1.82) is 0 Å². The van der Waals surface area contributed by atoms with Crippen LogP contribution in [0, 0.1) is 0 Å². The molecule has 0 saturated heterocycles. The van der Waals surface area contributed by atoms with Crippen molar-refractivity contribution in [2.75, 3.05) is 11.3 Å². The Morgan fingerprint density at radius 3 is 2.50 bits per heavy atom. The molecule has 2 N–H and O–H groups in total. The van der Waals surface area contributed by atoms with Crippen LogP contribution in [0.3, 0.4) is 0 Å². The van der Waals surface area contributed by atoms with Crippen LogP contribution in [-0.2, 0) is 21.2 Å². The van der Waals surface area contributed by atoms with E-state index in [-0.39, 0.29) is 34.3 Å². The van der Waals surface area contributed by atoms with Gasteiger partial charge in [0.15, 0.2) is 0 Å². The van der Waals surface area contributed by atoms with Crippen molar-refractivity contribution in [3.63, 3.8) is 0 Å². The first kappa shape index (κ1) is 20.3.